The van der Waals surface area contributed by atoms with Crippen molar-refractivity contribution in [2.75, 3.05) is 32.8 Å². The van der Waals surface area contributed by atoms with E-state index in [2.05, 4.69) is 30.0 Å². The third kappa shape index (κ3) is 5.35. The van der Waals surface area contributed by atoms with Crippen LogP contribution in [-0.4, -0.2) is 59.5 Å². The number of benzene rings is 2. The molecule has 188 valence electrons. The molecule has 0 saturated heterocycles. The van der Waals surface area contributed by atoms with Crippen molar-refractivity contribution < 1.29 is 36.9 Å². The fourth-order valence-electron chi connectivity index (χ4n) is 3.29. The maximum absolute atomic E-state index is 12.8. The van der Waals surface area contributed by atoms with Crippen LogP contribution in [0.4, 0.5) is 25.1 Å². The number of aromatic nitrogens is 4. The SMILES string of the molecule is COCCOc1ccc2nc(Nc3nc(OC(=O)C(F)(F)F)c4cccc(OC)c4n3)nc(C)c2c1. The van der Waals surface area contributed by atoms with Crippen molar-refractivity contribution >= 4 is 39.7 Å². The highest BCUT2D eigenvalue weighted by atomic mass is 19.4. The number of hydrogen-bond donors (Lipinski definition) is 1. The molecule has 0 aliphatic rings. The number of ether oxygens (including phenoxy) is 4. The van der Waals surface area contributed by atoms with Gasteiger partial charge in [-0.1, -0.05) is 6.07 Å². The predicted molar refractivity (Wildman–Crippen MR) is 123 cm³/mol. The van der Waals surface area contributed by atoms with Crippen LogP contribution < -0.4 is 19.5 Å². The largest absolute Gasteiger partial charge is 0.494 e. The van der Waals surface area contributed by atoms with Gasteiger partial charge in [0.25, 0.3) is 0 Å². The Labute approximate surface area is 202 Å². The first-order valence-corrected chi connectivity index (χ1v) is 10.5. The van der Waals surface area contributed by atoms with Crippen molar-refractivity contribution in [2.45, 2.75) is 13.1 Å². The van der Waals surface area contributed by atoms with Gasteiger partial charge in [0.15, 0.2) is 0 Å². The highest BCUT2D eigenvalue weighted by molar-refractivity contribution is 5.92. The zero-order valence-electron chi connectivity index (χ0n) is 19.3. The average Bonchev–Trinajstić information content (AvgIpc) is 2.83. The summed E-state index contributed by atoms with van der Waals surface area (Å²) in [4.78, 5) is 28.6. The molecule has 2 aromatic heterocycles. The van der Waals surface area contributed by atoms with Gasteiger partial charge in [-0.3, -0.25) is 5.32 Å². The predicted octanol–water partition coefficient (Wildman–Crippen LogP) is 4.13. The third-order valence-electron chi connectivity index (χ3n) is 4.93. The van der Waals surface area contributed by atoms with Crippen LogP contribution in [0.15, 0.2) is 36.4 Å². The van der Waals surface area contributed by atoms with Gasteiger partial charge in [0.1, 0.15) is 23.6 Å². The number of aryl methyl sites for hydroxylation is 1. The zero-order valence-corrected chi connectivity index (χ0v) is 19.3. The lowest BCUT2D eigenvalue weighted by Gasteiger charge is -2.13. The molecule has 0 saturated carbocycles. The maximum Gasteiger partial charge on any atom is 0.491 e. The molecule has 0 unspecified atom stereocenters. The van der Waals surface area contributed by atoms with Gasteiger partial charge in [0.2, 0.25) is 17.8 Å². The van der Waals surface area contributed by atoms with E-state index in [1.165, 1.54) is 19.2 Å². The quantitative estimate of drug-likeness (QED) is 0.278. The lowest BCUT2D eigenvalue weighted by Crippen LogP contribution is -2.28. The topological polar surface area (TPSA) is 118 Å². The Morgan fingerprint density at radius 1 is 0.972 bits per heavy atom. The van der Waals surface area contributed by atoms with Gasteiger partial charge in [-0.25, -0.2) is 19.7 Å². The fraction of sp³-hybridized carbons (Fsp3) is 0.261. The van der Waals surface area contributed by atoms with Gasteiger partial charge >= 0.3 is 12.1 Å². The standard InChI is InChI=1S/C23H20F3N5O5/c1-12-15-11-13(35-10-9-33-2)7-8-16(15)28-21(27-12)31-22-29-18-14(5-4-6-17(18)34-3)19(30-22)36-20(32)23(24,25)26/h4-8,11H,9-10H2,1-3H3,(H,27,28,29,30,31). The summed E-state index contributed by atoms with van der Waals surface area (Å²) >= 11 is 0. The molecular weight excluding hydrogens is 483 g/mol. The molecule has 2 heterocycles. The second kappa shape index (κ2) is 10.2. The number of carbonyl (C=O) groups is 1. The lowest BCUT2D eigenvalue weighted by molar-refractivity contribution is -0.189. The van der Waals surface area contributed by atoms with Gasteiger partial charge in [-0.15, -0.1) is 0 Å². The van der Waals surface area contributed by atoms with E-state index < -0.39 is 18.0 Å². The Kier molecular flexibility index (Phi) is 7.01. The number of alkyl halides is 3. The average molecular weight is 503 g/mol. The molecule has 0 atom stereocenters. The van der Waals surface area contributed by atoms with E-state index in [1.807, 2.05) is 0 Å². The minimum atomic E-state index is -5.21. The Morgan fingerprint density at radius 3 is 2.47 bits per heavy atom. The van der Waals surface area contributed by atoms with Crippen LogP contribution in [0, 0.1) is 6.92 Å². The minimum absolute atomic E-state index is 0.0501. The Balaban J connectivity index is 1.71. The summed E-state index contributed by atoms with van der Waals surface area (Å²) in [6.45, 7) is 2.58. The number of para-hydroxylation sites is 1. The summed E-state index contributed by atoms with van der Waals surface area (Å²) < 4.78 is 58.9. The molecule has 0 fully saturated rings. The van der Waals surface area contributed by atoms with E-state index in [1.54, 1.807) is 38.3 Å². The monoisotopic (exact) mass is 503 g/mol. The summed E-state index contributed by atoms with van der Waals surface area (Å²) in [5.41, 5.74) is 1.30. The Bertz CT molecular complexity index is 1430. The van der Waals surface area contributed by atoms with Gasteiger partial charge in [-0.05, 0) is 37.3 Å². The highest BCUT2D eigenvalue weighted by Crippen LogP contribution is 2.32. The van der Waals surface area contributed by atoms with Crippen molar-refractivity contribution in [2.24, 2.45) is 0 Å². The number of halogens is 3. The normalized spacial score (nSPS) is 11.5. The summed E-state index contributed by atoms with van der Waals surface area (Å²) in [5.74, 6) is -2.28. The molecule has 0 aliphatic carbocycles. The van der Waals surface area contributed by atoms with Crippen molar-refractivity contribution in [3.63, 3.8) is 0 Å². The third-order valence-corrected chi connectivity index (χ3v) is 4.93. The smallest absolute Gasteiger partial charge is 0.491 e. The Morgan fingerprint density at radius 2 is 1.75 bits per heavy atom. The number of hydrogen-bond acceptors (Lipinski definition) is 10. The molecule has 36 heavy (non-hydrogen) atoms. The van der Waals surface area contributed by atoms with Crippen molar-refractivity contribution in [3.05, 3.63) is 42.1 Å². The van der Waals surface area contributed by atoms with Crippen LogP contribution in [0.25, 0.3) is 21.8 Å². The fourth-order valence-corrected chi connectivity index (χ4v) is 3.29. The number of nitrogens with zero attached hydrogens (tertiary/aromatic N) is 4. The number of rotatable bonds is 8. The molecule has 13 heteroatoms. The van der Waals surface area contributed by atoms with E-state index in [9.17, 15) is 18.0 Å². The van der Waals surface area contributed by atoms with Gasteiger partial charge in [0, 0.05) is 12.5 Å². The molecule has 2 aromatic carbocycles. The molecule has 0 spiro atoms. The second-order valence-corrected chi connectivity index (χ2v) is 7.37. The van der Waals surface area contributed by atoms with E-state index in [0.717, 1.165) is 5.39 Å². The number of carbonyl (C=O) groups excluding carboxylic acids is 1. The van der Waals surface area contributed by atoms with Gasteiger partial charge in [0.05, 0.1) is 30.3 Å². The van der Waals surface area contributed by atoms with Crippen molar-refractivity contribution in [1.29, 1.82) is 0 Å². The minimum Gasteiger partial charge on any atom is -0.494 e. The van der Waals surface area contributed by atoms with Gasteiger partial charge in [-0.2, -0.15) is 18.2 Å². The van der Waals surface area contributed by atoms with Crippen LogP contribution in [-0.2, 0) is 9.53 Å². The first-order chi connectivity index (χ1) is 17.2. The van der Waals surface area contributed by atoms with Crippen molar-refractivity contribution in [3.8, 4) is 17.4 Å². The summed E-state index contributed by atoms with van der Waals surface area (Å²) in [6, 6.07) is 9.72. The number of esters is 1. The van der Waals surface area contributed by atoms with Crippen LogP contribution in [0.1, 0.15) is 5.69 Å². The highest BCUT2D eigenvalue weighted by Gasteiger charge is 2.42. The van der Waals surface area contributed by atoms with E-state index >= 15 is 0 Å². The van der Waals surface area contributed by atoms with Crippen molar-refractivity contribution in [1.82, 2.24) is 19.9 Å². The Hall–Kier alpha value is -4.26. The summed E-state index contributed by atoms with van der Waals surface area (Å²) in [7, 11) is 2.95. The molecule has 1 N–H and O–H groups in total. The molecule has 4 aromatic rings. The molecule has 0 radical (unpaired) electrons. The number of methoxy groups -OCH3 is 2. The molecule has 10 nitrogen and oxygen atoms in total. The number of anilines is 2. The van der Waals surface area contributed by atoms with Crippen LogP contribution in [0.2, 0.25) is 0 Å². The van der Waals surface area contributed by atoms with Crippen LogP contribution in [0.3, 0.4) is 0 Å². The van der Waals surface area contributed by atoms with Crippen LogP contribution in [0.5, 0.6) is 17.4 Å². The molecule has 0 bridgehead atoms. The molecular formula is C23H20F3N5O5. The first-order valence-electron chi connectivity index (χ1n) is 10.5. The summed E-state index contributed by atoms with van der Waals surface area (Å²) in [5, 5.41) is 3.55. The first kappa shape index (κ1) is 24.9. The number of fused-ring (bicyclic) bond motifs is 2. The molecule has 0 aliphatic heterocycles. The molecule has 0 amide bonds. The van der Waals surface area contributed by atoms with E-state index in [4.69, 9.17) is 14.2 Å². The summed E-state index contributed by atoms with van der Waals surface area (Å²) in [6.07, 6.45) is -5.21. The number of nitrogens with one attached hydrogen (secondary N) is 1. The van der Waals surface area contributed by atoms with Crippen LogP contribution >= 0.6 is 0 Å². The maximum atomic E-state index is 12.8. The van der Waals surface area contributed by atoms with E-state index in [0.29, 0.717) is 30.2 Å². The molecule has 4 rings (SSSR count). The van der Waals surface area contributed by atoms with Gasteiger partial charge < -0.3 is 18.9 Å². The lowest BCUT2D eigenvalue weighted by atomic mass is 10.2. The second-order valence-electron chi connectivity index (χ2n) is 7.37. The zero-order chi connectivity index (χ0) is 25.9. The van der Waals surface area contributed by atoms with E-state index in [-0.39, 0.29) is 28.5 Å².